The molecule has 5 fully saturated rings. The second kappa shape index (κ2) is 61.4. The first kappa shape index (κ1) is 109. The Morgan fingerprint density at radius 3 is 1.04 bits per heavy atom. The minimum absolute atomic E-state index is 0.0328. The van der Waals surface area contributed by atoms with Crippen molar-refractivity contribution in [1.82, 2.24) is 63.4 Å². The summed E-state index contributed by atoms with van der Waals surface area (Å²) < 4.78 is 64.8. The molecule has 0 radical (unpaired) electrons. The first-order valence-electron chi connectivity index (χ1n) is 44.0. The molecule has 5 rings (SSSR count). The number of carbonyl (C=O) groups is 12. The third-order valence-corrected chi connectivity index (χ3v) is 21.5. The van der Waals surface area contributed by atoms with Crippen molar-refractivity contribution in [3.63, 3.8) is 0 Å². The van der Waals surface area contributed by atoms with Gasteiger partial charge in [-0.15, -0.1) is 0 Å². The molecule has 45 nitrogen and oxygen atoms in total. The summed E-state index contributed by atoms with van der Waals surface area (Å²) in [7, 11) is 1.55. The Morgan fingerprint density at radius 2 is 0.667 bits per heavy atom. The maximum atomic E-state index is 14.0. The standard InChI is InChI=1S/C81H142N12O33/c1-48(97)88-66-73(113)70(110)54(43-94)124-79(66)120-35-15-12-21-58(102)82-29-18-32-85-61(105)26-38-117-47-57-76(118-39-27-62(106)86-33-19-30-83-59(103)22-13-16-36-121-80-67(89-49(2)98)74(114)71(111)55(44-95)125-80)77(69(91-51(4)100)78(123-57)92-64(108)24-10-8-6-7-9-11-25-65(109)93-42-53(101)41-52(93)46-116-5)119-40-28-63(107)87-34-20-31-84-60(104)23-14-17-37-122-81-68(90-50(3)99)75(115)72(112)56(45-96)126-81/h52-57,66-81,94-96,101,110-115H,6-47H2,1-5H3,(H,82,102)(H,83,103)(H,84,104)(H,85,105)(H,86,106)(H,87,107)(H,88,97)(H,89,98)(H,90,99)(H,91,100)(H,92,108)/t52-,53+,54+,55+,56+,57+,66+,67+,68+,69+,70-,71-,72-,73+,74+,75+,76+,77+,78+,79+,80+,81+/m0/s1. The summed E-state index contributed by atoms with van der Waals surface area (Å²) in [5, 5.41) is 131. The molecular formula is C81H142N12O33. The second-order valence-electron chi connectivity index (χ2n) is 32.0. The van der Waals surface area contributed by atoms with Crippen LogP contribution in [-0.2, 0) is 110 Å². The lowest BCUT2D eigenvalue weighted by Crippen LogP contribution is -2.69. The van der Waals surface area contributed by atoms with Crippen LogP contribution in [0.15, 0.2) is 0 Å². The molecule has 5 aliphatic rings. The van der Waals surface area contributed by atoms with Gasteiger partial charge in [0.1, 0.15) is 97.4 Å². The predicted octanol–water partition coefficient (Wildman–Crippen LogP) is -6.72. The molecule has 0 bridgehead atoms. The van der Waals surface area contributed by atoms with Gasteiger partial charge in [0.25, 0.3) is 0 Å². The number of likely N-dealkylation sites (tertiary alicyclic amines) is 1. The summed E-state index contributed by atoms with van der Waals surface area (Å²) in [4.78, 5) is 156. The molecule has 0 aromatic heterocycles. The number of rotatable bonds is 62. The molecule has 12 amide bonds. The van der Waals surface area contributed by atoms with Crippen molar-refractivity contribution < 1.29 is 161 Å². The number of aliphatic hydroxyl groups excluding tert-OH is 10. The van der Waals surface area contributed by atoms with Gasteiger partial charge in [-0.2, -0.15) is 0 Å². The van der Waals surface area contributed by atoms with Gasteiger partial charge >= 0.3 is 0 Å². The number of methoxy groups -OCH3 is 1. The van der Waals surface area contributed by atoms with Gasteiger partial charge in [-0.1, -0.05) is 25.7 Å². The van der Waals surface area contributed by atoms with E-state index in [-0.39, 0.29) is 167 Å². The fraction of sp³-hybridized carbons (Fsp3) is 0.852. The molecule has 45 heteroatoms. The minimum atomic E-state index is -1.48. The lowest BCUT2D eigenvalue weighted by atomic mass is 9.94. The van der Waals surface area contributed by atoms with E-state index < -0.39 is 196 Å². The van der Waals surface area contributed by atoms with Crippen molar-refractivity contribution >= 4 is 70.9 Å². The van der Waals surface area contributed by atoms with Crippen LogP contribution in [-0.4, -0.2) is 387 Å². The van der Waals surface area contributed by atoms with Gasteiger partial charge < -0.3 is 167 Å². The predicted molar refractivity (Wildman–Crippen MR) is 441 cm³/mol. The Morgan fingerprint density at radius 1 is 0.333 bits per heavy atom. The van der Waals surface area contributed by atoms with Crippen LogP contribution in [0.3, 0.4) is 0 Å². The molecule has 0 aromatic rings. The second-order valence-corrected chi connectivity index (χ2v) is 32.0. The number of hydrogen-bond donors (Lipinski definition) is 21. The Labute approximate surface area is 734 Å². The molecule has 0 saturated carbocycles. The van der Waals surface area contributed by atoms with Crippen molar-refractivity contribution in [1.29, 1.82) is 0 Å². The van der Waals surface area contributed by atoms with E-state index >= 15 is 0 Å². The smallest absolute Gasteiger partial charge is 0.222 e. The summed E-state index contributed by atoms with van der Waals surface area (Å²) in [6.07, 6.45) is -13.6. The number of nitrogens with zero attached hydrogens (tertiary/aromatic N) is 1. The lowest BCUT2D eigenvalue weighted by molar-refractivity contribution is -0.270. The van der Waals surface area contributed by atoms with Crippen molar-refractivity contribution in [2.75, 3.05) is 126 Å². The van der Waals surface area contributed by atoms with E-state index in [1.165, 1.54) is 27.7 Å². The van der Waals surface area contributed by atoms with E-state index in [2.05, 4.69) is 58.5 Å². The van der Waals surface area contributed by atoms with Crippen LogP contribution in [0.25, 0.3) is 0 Å². The number of unbranched alkanes of at least 4 members (excludes halogenated alkanes) is 8. The molecule has 5 saturated heterocycles. The molecule has 126 heavy (non-hydrogen) atoms. The zero-order chi connectivity index (χ0) is 92.5. The molecule has 21 N–H and O–H groups in total. The highest BCUT2D eigenvalue weighted by Gasteiger charge is 2.51. The Kier molecular flexibility index (Phi) is 53.3. The first-order valence-corrected chi connectivity index (χ1v) is 44.0. The van der Waals surface area contributed by atoms with E-state index in [4.69, 9.17) is 52.1 Å². The van der Waals surface area contributed by atoms with Crippen LogP contribution >= 0.6 is 0 Å². The molecule has 5 aliphatic heterocycles. The molecule has 5 heterocycles. The summed E-state index contributed by atoms with van der Waals surface area (Å²) in [6, 6.07) is -4.73. The highest BCUT2D eigenvalue weighted by molar-refractivity contribution is 5.80. The molecule has 0 spiro atoms. The molecule has 22 atom stereocenters. The van der Waals surface area contributed by atoms with Gasteiger partial charge in [0.05, 0.1) is 65.0 Å². The average molecular weight is 1810 g/mol. The third-order valence-electron chi connectivity index (χ3n) is 21.5. The molecule has 724 valence electrons. The molecular weight excluding hydrogens is 1670 g/mol. The number of nitrogens with one attached hydrogen (secondary N) is 11. The van der Waals surface area contributed by atoms with Gasteiger partial charge in [0, 0.05) is 152 Å². The summed E-state index contributed by atoms with van der Waals surface area (Å²) in [5.41, 5.74) is 0. The fourth-order valence-electron chi connectivity index (χ4n) is 14.9. The Hall–Kier alpha value is -7.20. The van der Waals surface area contributed by atoms with E-state index in [0.717, 1.165) is 19.3 Å². The molecule has 0 aliphatic carbocycles. The first-order chi connectivity index (χ1) is 60.4. The maximum absolute atomic E-state index is 14.0. The number of carbonyl (C=O) groups excluding carboxylic acids is 12. The number of β-amino-alcohol motifs (C(OH)–C–C–N with tert-alkyl or cyclic N) is 1. The summed E-state index contributed by atoms with van der Waals surface area (Å²) in [6.45, 7) is 3.80. The zero-order valence-corrected chi connectivity index (χ0v) is 73.2. The number of hydrogen-bond acceptors (Lipinski definition) is 33. The van der Waals surface area contributed by atoms with Gasteiger partial charge in [-0.05, 0) is 77.0 Å². The van der Waals surface area contributed by atoms with Crippen molar-refractivity contribution in [3.8, 4) is 0 Å². The number of aliphatic hydroxyl groups is 10. The highest BCUT2D eigenvalue weighted by atomic mass is 16.7. The number of ether oxygens (including phenoxy) is 11. The van der Waals surface area contributed by atoms with Gasteiger partial charge in [-0.3, -0.25) is 57.5 Å². The minimum Gasteiger partial charge on any atom is -0.394 e. The topological polar surface area (TPSA) is 644 Å². The van der Waals surface area contributed by atoms with Crippen molar-refractivity contribution in [2.45, 2.75) is 316 Å². The van der Waals surface area contributed by atoms with Gasteiger partial charge in [-0.25, -0.2) is 0 Å². The van der Waals surface area contributed by atoms with Gasteiger partial charge in [0.2, 0.25) is 70.9 Å². The van der Waals surface area contributed by atoms with Gasteiger partial charge in [0.15, 0.2) is 25.1 Å². The Balaban J connectivity index is 1.18. The lowest BCUT2D eigenvalue weighted by Gasteiger charge is -2.46. The van der Waals surface area contributed by atoms with Crippen molar-refractivity contribution in [2.24, 2.45) is 0 Å². The average Bonchev–Trinajstić information content (AvgIpc) is 0.854. The number of amides is 12. The fourth-order valence-corrected chi connectivity index (χ4v) is 14.9. The summed E-state index contributed by atoms with van der Waals surface area (Å²) in [5.74, 6) is -4.76. The van der Waals surface area contributed by atoms with Crippen LogP contribution in [0.4, 0.5) is 0 Å². The summed E-state index contributed by atoms with van der Waals surface area (Å²) >= 11 is 0. The molecule has 0 unspecified atom stereocenters. The largest absolute Gasteiger partial charge is 0.394 e. The van der Waals surface area contributed by atoms with Crippen LogP contribution in [0, 0.1) is 0 Å². The van der Waals surface area contributed by atoms with Crippen LogP contribution in [0.2, 0.25) is 0 Å². The highest BCUT2D eigenvalue weighted by Crippen LogP contribution is 2.30. The normalized spacial score (nSPS) is 27.7. The van der Waals surface area contributed by atoms with Crippen LogP contribution in [0.1, 0.15) is 182 Å². The van der Waals surface area contributed by atoms with E-state index in [1.807, 2.05) is 0 Å². The third kappa shape index (κ3) is 40.9. The molecule has 0 aromatic carbocycles. The maximum Gasteiger partial charge on any atom is 0.222 e. The Bertz CT molecular complexity index is 3260. The van der Waals surface area contributed by atoms with E-state index in [0.29, 0.717) is 96.5 Å². The zero-order valence-electron chi connectivity index (χ0n) is 73.2. The quantitative estimate of drug-likeness (QED) is 0.0252. The van der Waals surface area contributed by atoms with E-state index in [9.17, 15) is 109 Å². The van der Waals surface area contributed by atoms with E-state index in [1.54, 1.807) is 12.0 Å². The van der Waals surface area contributed by atoms with Crippen LogP contribution < -0.4 is 58.5 Å². The van der Waals surface area contributed by atoms with Crippen LogP contribution in [0.5, 0.6) is 0 Å². The monoisotopic (exact) mass is 1810 g/mol. The SMILES string of the molecule is COC[C@@H]1C[C@@H](O)CN1C(=O)CCCCCCCCC(=O)N[C@@H]1O[C@H](COCCC(=O)NCCCNC(=O)CCCCO[C@@H]2O[C@H](CO)[C@H](O)[C@H](O)[C@H]2NC(C)=O)[C@@H](OCCC(=O)NCCCNC(=O)CCCCO[C@@H]2O[C@H](CO)[C@H](O)[C@H](O)[C@H]2NC(C)=O)[C@H](OCCC(=O)NCCCNC(=O)CCCCO[C@@H]2O[C@H](CO)[C@H](O)[C@H](O)[C@H]2NC(C)=O)[C@H]1NC(C)=O. The van der Waals surface area contributed by atoms with Crippen molar-refractivity contribution in [3.05, 3.63) is 0 Å².